The first-order valence-corrected chi connectivity index (χ1v) is 6.52. The third-order valence-electron chi connectivity index (χ3n) is 3.92. The van der Waals surface area contributed by atoms with Crippen LogP contribution in [0.3, 0.4) is 0 Å². The summed E-state index contributed by atoms with van der Waals surface area (Å²) in [4.78, 5) is 4.35. The molecular weight excluding hydrogens is 220 g/mol. The van der Waals surface area contributed by atoms with Crippen LogP contribution >= 0.6 is 0 Å². The second-order valence-electron chi connectivity index (χ2n) is 5.18. The third-order valence-corrected chi connectivity index (χ3v) is 3.92. The SMILES string of the molecule is NCC1(c2ccc(Cc3ccccn3)cc2)CC1. The van der Waals surface area contributed by atoms with Gasteiger partial charge in [0.05, 0.1) is 0 Å². The number of benzene rings is 1. The zero-order valence-corrected chi connectivity index (χ0v) is 10.5. The van der Waals surface area contributed by atoms with Crippen LogP contribution in [0, 0.1) is 0 Å². The molecule has 2 nitrogen and oxygen atoms in total. The Balaban J connectivity index is 1.76. The molecule has 0 spiro atoms. The molecule has 2 aromatic rings. The standard InChI is InChI=1S/C16H18N2/c17-12-16(8-9-16)14-6-4-13(5-7-14)11-15-3-1-2-10-18-15/h1-7,10H,8-9,11-12,17H2. The normalized spacial score (nSPS) is 16.5. The van der Waals surface area contributed by atoms with Gasteiger partial charge in [-0.3, -0.25) is 4.98 Å². The fourth-order valence-electron chi connectivity index (χ4n) is 2.45. The van der Waals surface area contributed by atoms with Gasteiger partial charge in [0.2, 0.25) is 0 Å². The summed E-state index contributed by atoms with van der Waals surface area (Å²) in [7, 11) is 0. The van der Waals surface area contributed by atoms with E-state index >= 15 is 0 Å². The molecule has 1 saturated carbocycles. The van der Waals surface area contributed by atoms with Crippen molar-refractivity contribution in [3.8, 4) is 0 Å². The van der Waals surface area contributed by atoms with Crippen LogP contribution in [0.25, 0.3) is 0 Å². The van der Waals surface area contributed by atoms with Gasteiger partial charge in [-0.05, 0) is 36.1 Å². The van der Waals surface area contributed by atoms with Crippen LogP contribution in [0.2, 0.25) is 0 Å². The number of hydrogen-bond donors (Lipinski definition) is 1. The highest BCUT2D eigenvalue weighted by molar-refractivity contribution is 5.35. The number of rotatable bonds is 4. The van der Waals surface area contributed by atoms with E-state index in [2.05, 4.69) is 35.3 Å². The summed E-state index contributed by atoms with van der Waals surface area (Å²) in [6.45, 7) is 0.770. The molecule has 92 valence electrons. The van der Waals surface area contributed by atoms with E-state index in [0.29, 0.717) is 5.41 Å². The monoisotopic (exact) mass is 238 g/mol. The zero-order chi connectivity index (χ0) is 12.4. The van der Waals surface area contributed by atoms with E-state index in [1.54, 1.807) is 0 Å². The fraction of sp³-hybridized carbons (Fsp3) is 0.312. The molecule has 2 heteroatoms. The number of hydrogen-bond acceptors (Lipinski definition) is 2. The molecule has 1 aromatic carbocycles. The molecule has 1 aliphatic carbocycles. The van der Waals surface area contributed by atoms with Crippen molar-refractivity contribution in [2.24, 2.45) is 5.73 Å². The molecule has 1 aliphatic rings. The molecule has 0 unspecified atom stereocenters. The van der Waals surface area contributed by atoms with Crippen molar-refractivity contribution < 1.29 is 0 Å². The van der Waals surface area contributed by atoms with Gasteiger partial charge >= 0.3 is 0 Å². The third kappa shape index (κ3) is 2.16. The van der Waals surface area contributed by atoms with Crippen molar-refractivity contribution in [1.82, 2.24) is 4.98 Å². The Labute approximate surface area is 108 Å². The number of pyridine rings is 1. The molecule has 0 amide bonds. The Bertz CT molecular complexity index is 513. The first kappa shape index (κ1) is 11.4. The Morgan fingerprint density at radius 2 is 1.83 bits per heavy atom. The first-order valence-electron chi connectivity index (χ1n) is 6.52. The first-order chi connectivity index (χ1) is 8.82. The highest BCUT2D eigenvalue weighted by Crippen LogP contribution is 2.47. The average molecular weight is 238 g/mol. The van der Waals surface area contributed by atoms with Gasteiger partial charge in [0, 0.05) is 30.3 Å². The van der Waals surface area contributed by atoms with Crippen molar-refractivity contribution in [1.29, 1.82) is 0 Å². The van der Waals surface area contributed by atoms with Gasteiger partial charge in [-0.15, -0.1) is 0 Å². The quantitative estimate of drug-likeness (QED) is 0.889. The lowest BCUT2D eigenvalue weighted by Crippen LogP contribution is -2.19. The Hall–Kier alpha value is -1.67. The van der Waals surface area contributed by atoms with Crippen LogP contribution in [-0.4, -0.2) is 11.5 Å². The Kier molecular flexibility index (Phi) is 2.88. The minimum Gasteiger partial charge on any atom is -0.330 e. The van der Waals surface area contributed by atoms with Gasteiger partial charge in [-0.1, -0.05) is 30.3 Å². The largest absolute Gasteiger partial charge is 0.330 e. The number of nitrogens with two attached hydrogens (primary N) is 1. The minimum absolute atomic E-state index is 0.295. The topological polar surface area (TPSA) is 38.9 Å². The highest BCUT2D eigenvalue weighted by atomic mass is 14.7. The summed E-state index contributed by atoms with van der Waals surface area (Å²) in [5.74, 6) is 0. The van der Waals surface area contributed by atoms with Crippen molar-refractivity contribution >= 4 is 0 Å². The molecule has 0 aliphatic heterocycles. The summed E-state index contributed by atoms with van der Waals surface area (Å²) >= 11 is 0. The summed E-state index contributed by atoms with van der Waals surface area (Å²) in [5.41, 5.74) is 9.97. The van der Waals surface area contributed by atoms with Crippen LogP contribution in [0.4, 0.5) is 0 Å². The maximum atomic E-state index is 5.85. The van der Waals surface area contributed by atoms with Crippen LogP contribution in [0.5, 0.6) is 0 Å². The molecule has 0 saturated heterocycles. The van der Waals surface area contributed by atoms with E-state index in [0.717, 1.165) is 18.7 Å². The summed E-state index contributed by atoms with van der Waals surface area (Å²) in [6, 6.07) is 14.9. The van der Waals surface area contributed by atoms with Crippen molar-refractivity contribution in [2.45, 2.75) is 24.7 Å². The van der Waals surface area contributed by atoms with Crippen molar-refractivity contribution in [3.63, 3.8) is 0 Å². The molecule has 3 rings (SSSR count). The molecule has 1 aromatic heterocycles. The van der Waals surface area contributed by atoms with Gasteiger partial charge in [-0.2, -0.15) is 0 Å². The van der Waals surface area contributed by atoms with E-state index in [-0.39, 0.29) is 0 Å². The lowest BCUT2D eigenvalue weighted by atomic mass is 9.94. The summed E-state index contributed by atoms with van der Waals surface area (Å²) < 4.78 is 0. The van der Waals surface area contributed by atoms with Gasteiger partial charge in [0.1, 0.15) is 0 Å². The van der Waals surface area contributed by atoms with Gasteiger partial charge in [-0.25, -0.2) is 0 Å². The highest BCUT2D eigenvalue weighted by Gasteiger charge is 2.42. The maximum Gasteiger partial charge on any atom is 0.0447 e. The number of aromatic nitrogens is 1. The van der Waals surface area contributed by atoms with Gasteiger partial charge < -0.3 is 5.73 Å². The Morgan fingerprint density at radius 3 is 2.39 bits per heavy atom. The van der Waals surface area contributed by atoms with Crippen LogP contribution < -0.4 is 5.73 Å². The van der Waals surface area contributed by atoms with Crippen LogP contribution in [0.15, 0.2) is 48.7 Å². The lowest BCUT2D eigenvalue weighted by Gasteiger charge is -2.13. The minimum atomic E-state index is 0.295. The van der Waals surface area contributed by atoms with E-state index in [1.807, 2.05) is 18.3 Å². The van der Waals surface area contributed by atoms with Gasteiger partial charge in [0.25, 0.3) is 0 Å². The molecule has 1 fully saturated rings. The summed E-state index contributed by atoms with van der Waals surface area (Å²) in [6.07, 6.45) is 5.22. The zero-order valence-electron chi connectivity index (χ0n) is 10.5. The molecule has 0 atom stereocenters. The predicted octanol–water partition coefficient (Wildman–Crippen LogP) is 2.66. The maximum absolute atomic E-state index is 5.85. The number of nitrogens with zero attached hydrogens (tertiary/aromatic N) is 1. The second kappa shape index (κ2) is 4.54. The molecule has 0 radical (unpaired) electrons. The predicted molar refractivity (Wildman–Crippen MR) is 73.5 cm³/mol. The molecule has 18 heavy (non-hydrogen) atoms. The van der Waals surface area contributed by atoms with Crippen LogP contribution in [0.1, 0.15) is 29.7 Å². The van der Waals surface area contributed by atoms with Crippen molar-refractivity contribution in [2.75, 3.05) is 6.54 Å². The van der Waals surface area contributed by atoms with Crippen molar-refractivity contribution in [3.05, 3.63) is 65.5 Å². The summed E-state index contributed by atoms with van der Waals surface area (Å²) in [5, 5.41) is 0. The molecule has 0 bridgehead atoms. The van der Waals surface area contributed by atoms with Crippen LogP contribution in [-0.2, 0) is 11.8 Å². The molecular formula is C16H18N2. The molecule has 2 N–H and O–H groups in total. The smallest absolute Gasteiger partial charge is 0.0447 e. The Morgan fingerprint density at radius 1 is 1.06 bits per heavy atom. The van der Waals surface area contributed by atoms with E-state index in [9.17, 15) is 0 Å². The van der Waals surface area contributed by atoms with E-state index in [4.69, 9.17) is 5.73 Å². The van der Waals surface area contributed by atoms with E-state index < -0.39 is 0 Å². The average Bonchev–Trinajstić information content (AvgIpc) is 3.22. The molecule has 1 heterocycles. The van der Waals surface area contributed by atoms with E-state index in [1.165, 1.54) is 24.0 Å². The second-order valence-corrected chi connectivity index (χ2v) is 5.18. The fourth-order valence-corrected chi connectivity index (χ4v) is 2.45. The lowest BCUT2D eigenvalue weighted by molar-refractivity contribution is 0.704. The van der Waals surface area contributed by atoms with Gasteiger partial charge in [0.15, 0.2) is 0 Å².